The molecule has 0 aliphatic heterocycles. The number of hydrogen-bond donors (Lipinski definition) is 1. The molecule has 0 atom stereocenters. The summed E-state index contributed by atoms with van der Waals surface area (Å²) in [4.78, 5) is 3.92. The second kappa shape index (κ2) is 4.15. The first kappa shape index (κ1) is 11.6. The van der Waals surface area contributed by atoms with Crippen molar-refractivity contribution in [1.82, 2.24) is 4.98 Å². The van der Waals surface area contributed by atoms with Crippen LogP contribution in [0.1, 0.15) is 0 Å². The summed E-state index contributed by atoms with van der Waals surface area (Å²) in [7, 11) is -3.46. The van der Waals surface area contributed by atoms with Crippen LogP contribution in [0.2, 0.25) is 0 Å². The van der Waals surface area contributed by atoms with Gasteiger partial charge in [0.15, 0.2) is 0 Å². The number of hydrogen-bond acceptors (Lipinski definition) is 5. The Bertz CT molecular complexity index is 605. The van der Waals surface area contributed by atoms with Crippen LogP contribution in [0, 0.1) is 0 Å². The maximum Gasteiger partial charge on any atom is 0.217 e. The number of pyridine rings is 1. The fraction of sp³-hybridized carbons (Fsp3) is 0. The van der Waals surface area contributed by atoms with Gasteiger partial charge in [-0.05, 0) is 40.2 Å². The number of halogens is 1. The molecule has 0 aliphatic carbocycles. The number of nitrogen functional groups attached to an aromatic ring is 1. The predicted octanol–water partition coefficient (Wildman–Crippen LogP) is 2.32. The number of thiophene rings is 1. The largest absolute Gasteiger partial charge is 0.384 e. The molecule has 0 unspecified atom stereocenters. The van der Waals surface area contributed by atoms with Gasteiger partial charge >= 0.3 is 0 Å². The lowest BCUT2D eigenvalue weighted by molar-refractivity contribution is 0.597. The van der Waals surface area contributed by atoms with E-state index < -0.39 is 9.84 Å². The first-order chi connectivity index (χ1) is 7.50. The Morgan fingerprint density at radius 1 is 1.25 bits per heavy atom. The first-order valence-electron chi connectivity index (χ1n) is 4.22. The SMILES string of the molecule is Nc1ccc(S(=O)(=O)c2ccc(Br)s2)cn1. The molecule has 16 heavy (non-hydrogen) atoms. The van der Waals surface area contributed by atoms with Crippen molar-refractivity contribution in [3.05, 3.63) is 34.2 Å². The molecule has 4 nitrogen and oxygen atoms in total. The molecular weight excluding hydrogens is 312 g/mol. The molecule has 2 N–H and O–H groups in total. The van der Waals surface area contributed by atoms with Gasteiger partial charge in [0.2, 0.25) is 9.84 Å². The quantitative estimate of drug-likeness (QED) is 0.922. The van der Waals surface area contributed by atoms with Crippen LogP contribution >= 0.6 is 27.3 Å². The zero-order valence-electron chi connectivity index (χ0n) is 7.92. The van der Waals surface area contributed by atoms with Crippen LogP contribution in [0.3, 0.4) is 0 Å². The van der Waals surface area contributed by atoms with Crippen LogP contribution in [0.25, 0.3) is 0 Å². The van der Waals surface area contributed by atoms with Gasteiger partial charge in [0.25, 0.3) is 0 Å². The predicted molar refractivity (Wildman–Crippen MR) is 66.1 cm³/mol. The van der Waals surface area contributed by atoms with Crippen LogP contribution in [0.4, 0.5) is 5.82 Å². The molecule has 0 amide bonds. The van der Waals surface area contributed by atoms with Crippen LogP contribution < -0.4 is 5.73 Å². The van der Waals surface area contributed by atoms with Crippen LogP contribution in [0.15, 0.2) is 43.4 Å². The molecule has 2 rings (SSSR count). The summed E-state index contributed by atoms with van der Waals surface area (Å²) in [5.41, 5.74) is 5.40. The van der Waals surface area contributed by atoms with E-state index in [1.54, 1.807) is 12.1 Å². The van der Waals surface area contributed by atoms with E-state index in [1.165, 1.54) is 18.3 Å². The van der Waals surface area contributed by atoms with Crippen molar-refractivity contribution in [1.29, 1.82) is 0 Å². The van der Waals surface area contributed by atoms with Crippen molar-refractivity contribution in [3.8, 4) is 0 Å². The standard InChI is InChI=1S/C9H7BrN2O2S2/c10-7-2-4-9(15-7)16(13,14)6-1-3-8(11)12-5-6/h1-5H,(H2,11,12). The van der Waals surface area contributed by atoms with Crippen molar-refractivity contribution in [3.63, 3.8) is 0 Å². The van der Waals surface area contributed by atoms with E-state index in [9.17, 15) is 8.42 Å². The Hall–Kier alpha value is -0.920. The van der Waals surface area contributed by atoms with Gasteiger partial charge in [0.05, 0.1) is 8.68 Å². The highest BCUT2D eigenvalue weighted by molar-refractivity contribution is 9.11. The molecule has 0 saturated heterocycles. The van der Waals surface area contributed by atoms with Crippen LogP contribution in [-0.4, -0.2) is 13.4 Å². The number of nitrogens with two attached hydrogens (primary N) is 1. The van der Waals surface area contributed by atoms with Crippen molar-refractivity contribution in [2.45, 2.75) is 9.10 Å². The zero-order valence-corrected chi connectivity index (χ0v) is 11.1. The van der Waals surface area contributed by atoms with Gasteiger partial charge in [0, 0.05) is 6.20 Å². The average Bonchev–Trinajstić information content (AvgIpc) is 2.66. The summed E-state index contributed by atoms with van der Waals surface area (Å²) in [5.74, 6) is 0.298. The second-order valence-corrected chi connectivity index (χ2v) is 7.62. The molecule has 0 aromatic carbocycles. The summed E-state index contributed by atoms with van der Waals surface area (Å²) < 4.78 is 25.2. The Kier molecular flexibility index (Phi) is 3.00. The zero-order chi connectivity index (χ0) is 11.8. The van der Waals surface area contributed by atoms with E-state index in [4.69, 9.17) is 5.73 Å². The molecule has 2 aromatic heterocycles. The summed E-state index contributed by atoms with van der Waals surface area (Å²) in [5, 5.41) is 0. The fourth-order valence-electron chi connectivity index (χ4n) is 1.11. The molecule has 0 spiro atoms. The third-order valence-electron chi connectivity index (χ3n) is 1.88. The average molecular weight is 319 g/mol. The molecule has 0 aliphatic rings. The van der Waals surface area contributed by atoms with Crippen molar-refractivity contribution in [2.75, 3.05) is 5.73 Å². The minimum absolute atomic E-state index is 0.149. The highest BCUT2D eigenvalue weighted by Gasteiger charge is 2.19. The van der Waals surface area contributed by atoms with E-state index in [1.807, 2.05) is 0 Å². The van der Waals surface area contributed by atoms with Crippen molar-refractivity contribution >= 4 is 42.9 Å². The molecule has 0 bridgehead atoms. The van der Waals surface area contributed by atoms with E-state index >= 15 is 0 Å². The summed E-state index contributed by atoms with van der Waals surface area (Å²) in [6.45, 7) is 0. The number of nitrogens with zero attached hydrogens (tertiary/aromatic N) is 1. The lowest BCUT2D eigenvalue weighted by atomic mass is 10.5. The molecule has 0 fully saturated rings. The Morgan fingerprint density at radius 2 is 2.00 bits per heavy atom. The summed E-state index contributed by atoms with van der Waals surface area (Å²) in [6, 6.07) is 6.17. The molecule has 7 heteroatoms. The van der Waals surface area contributed by atoms with Gasteiger partial charge in [-0.25, -0.2) is 13.4 Å². The highest BCUT2D eigenvalue weighted by Crippen LogP contribution is 2.30. The lowest BCUT2D eigenvalue weighted by Gasteiger charge is -2.00. The number of sulfone groups is 1. The second-order valence-electron chi connectivity index (χ2n) is 2.98. The van der Waals surface area contributed by atoms with E-state index in [2.05, 4.69) is 20.9 Å². The van der Waals surface area contributed by atoms with Gasteiger partial charge in [0.1, 0.15) is 10.0 Å². The normalized spacial score (nSPS) is 11.6. The molecule has 2 heterocycles. The number of anilines is 1. The molecule has 0 radical (unpaired) electrons. The molecular formula is C9H7BrN2O2S2. The monoisotopic (exact) mass is 318 g/mol. The van der Waals surface area contributed by atoms with Gasteiger partial charge in [-0.15, -0.1) is 11.3 Å². The molecule has 0 saturated carbocycles. The highest BCUT2D eigenvalue weighted by atomic mass is 79.9. The topological polar surface area (TPSA) is 73.1 Å². The minimum Gasteiger partial charge on any atom is -0.384 e. The summed E-state index contributed by atoms with van der Waals surface area (Å²) >= 11 is 4.39. The van der Waals surface area contributed by atoms with E-state index in [0.717, 1.165) is 15.1 Å². The van der Waals surface area contributed by atoms with Gasteiger partial charge in [-0.2, -0.15) is 0 Å². The summed E-state index contributed by atoms with van der Waals surface area (Å²) in [6.07, 6.45) is 1.26. The molecule has 84 valence electrons. The number of rotatable bonds is 2. The van der Waals surface area contributed by atoms with Crippen molar-refractivity contribution in [2.24, 2.45) is 0 Å². The van der Waals surface area contributed by atoms with Gasteiger partial charge in [-0.3, -0.25) is 0 Å². The Labute approximate surface area is 105 Å². The van der Waals surface area contributed by atoms with Crippen LogP contribution in [-0.2, 0) is 9.84 Å². The minimum atomic E-state index is -3.46. The molecule has 2 aromatic rings. The number of aromatic nitrogens is 1. The van der Waals surface area contributed by atoms with Gasteiger partial charge in [-0.1, -0.05) is 0 Å². The first-order valence-corrected chi connectivity index (χ1v) is 7.31. The Morgan fingerprint density at radius 3 is 2.50 bits per heavy atom. The maximum atomic E-state index is 12.1. The third-order valence-corrected chi connectivity index (χ3v) is 5.74. The smallest absolute Gasteiger partial charge is 0.217 e. The third kappa shape index (κ3) is 2.11. The van der Waals surface area contributed by atoms with Gasteiger partial charge < -0.3 is 5.73 Å². The fourth-order valence-corrected chi connectivity index (χ4v) is 4.47. The van der Waals surface area contributed by atoms with Crippen LogP contribution in [0.5, 0.6) is 0 Å². The van der Waals surface area contributed by atoms with Crippen molar-refractivity contribution < 1.29 is 8.42 Å². The maximum absolute atomic E-state index is 12.1. The Balaban J connectivity index is 2.51. The van der Waals surface area contributed by atoms with E-state index in [0.29, 0.717) is 5.82 Å². The van der Waals surface area contributed by atoms with E-state index in [-0.39, 0.29) is 9.10 Å². The lowest BCUT2D eigenvalue weighted by Crippen LogP contribution is -2.01.